The van der Waals surface area contributed by atoms with Crippen molar-refractivity contribution in [3.05, 3.63) is 46.6 Å². The second-order valence-corrected chi connectivity index (χ2v) is 5.17. The lowest BCUT2D eigenvalue weighted by molar-refractivity contribution is 0.0692. The first-order chi connectivity index (χ1) is 10.6. The van der Waals surface area contributed by atoms with Crippen molar-refractivity contribution in [3.8, 4) is 5.75 Å². The molecule has 7 heteroatoms. The smallest absolute Gasteiger partial charge is 0.339 e. The Bertz CT molecular complexity index is 735. The number of carboxylic acid groups (broad SMARTS) is 1. The molecule has 1 aromatic carbocycles. The fourth-order valence-electron chi connectivity index (χ4n) is 2.39. The number of hydrogen-bond acceptors (Lipinski definition) is 5. The van der Waals surface area contributed by atoms with E-state index >= 15 is 0 Å². The summed E-state index contributed by atoms with van der Waals surface area (Å²) in [5.74, 6) is -0.232. The number of para-hydroxylation sites is 1. The van der Waals surface area contributed by atoms with Gasteiger partial charge in [-0.1, -0.05) is 17.7 Å². The van der Waals surface area contributed by atoms with Gasteiger partial charge in [-0.3, -0.25) is 0 Å². The maximum Gasteiger partial charge on any atom is 0.339 e. The summed E-state index contributed by atoms with van der Waals surface area (Å²) in [6.07, 6.45) is 1.54. The number of carboxylic acids is 1. The fraction of sp³-hybridized carbons (Fsp3) is 0.200. The van der Waals surface area contributed by atoms with Crippen LogP contribution in [-0.4, -0.2) is 34.3 Å². The van der Waals surface area contributed by atoms with Crippen molar-refractivity contribution >= 4 is 29.1 Å². The third kappa shape index (κ3) is 2.47. The molecule has 22 heavy (non-hydrogen) atoms. The Kier molecular flexibility index (Phi) is 3.87. The molecule has 0 unspecified atom stereocenters. The minimum absolute atomic E-state index is 0.102. The summed E-state index contributed by atoms with van der Waals surface area (Å²) in [6.45, 7) is 0.689. The number of nitrogens with zero attached hydrogens (tertiary/aromatic N) is 2. The maximum absolute atomic E-state index is 11.3. The molecule has 3 rings (SSSR count). The predicted molar refractivity (Wildman–Crippen MR) is 81.1 cm³/mol. The summed E-state index contributed by atoms with van der Waals surface area (Å²) in [4.78, 5) is 17.4. The molecule has 0 aliphatic carbocycles. The number of carbonyl (C=O) groups is 1. The monoisotopic (exact) mass is 320 g/mol. The van der Waals surface area contributed by atoms with Crippen molar-refractivity contribution in [3.63, 3.8) is 0 Å². The van der Waals surface area contributed by atoms with Crippen LogP contribution in [0.25, 0.3) is 0 Å². The summed E-state index contributed by atoms with van der Waals surface area (Å²) >= 11 is 6.24. The van der Waals surface area contributed by atoms with Gasteiger partial charge in [0.15, 0.2) is 11.6 Å². The quantitative estimate of drug-likeness (QED) is 0.904. The molecule has 1 aliphatic heterocycles. The van der Waals surface area contributed by atoms with E-state index in [1.807, 2.05) is 4.90 Å². The molecule has 0 amide bonds. The molecule has 2 aromatic rings. The van der Waals surface area contributed by atoms with Crippen LogP contribution in [0.3, 0.4) is 0 Å². The number of fused-ring (bicyclic) bond motifs is 1. The number of ether oxygens (including phenoxy) is 1. The van der Waals surface area contributed by atoms with E-state index in [1.165, 1.54) is 12.3 Å². The first-order valence-electron chi connectivity index (χ1n) is 6.63. The van der Waals surface area contributed by atoms with Gasteiger partial charge in [-0.2, -0.15) is 0 Å². The summed E-state index contributed by atoms with van der Waals surface area (Å²) < 4.78 is 5.52. The highest BCUT2D eigenvalue weighted by atomic mass is 35.5. The molecule has 114 valence electrons. The molecular formula is C15H13ClN2O4. The molecule has 0 saturated heterocycles. The molecule has 6 nitrogen and oxygen atoms in total. The number of aromatic carboxylic acids is 1. The standard InChI is InChI=1S/C15H13ClN2O4/c16-11-6-9(8-19)7-17-14(11)18-4-5-22-13-10(15(20)21)2-1-3-12(13)18/h1-3,6-7,19H,4-5,8H2,(H,20,21). The maximum atomic E-state index is 11.3. The number of pyridine rings is 1. The lowest BCUT2D eigenvalue weighted by atomic mass is 10.1. The first-order valence-corrected chi connectivity index (χ1v) is 7.01. The second kappa shape index (κ2) is 5.82. The Morgan fingerprint density at radius 3 is 2.95 bits per heavy atom. The van der Waals surface area contributed by atoms with Crippen LogP contribution in [0, 0.1) is 0 Å². The van der Waals surface area contributed by atoms with Crippen LogP contribution in [0.4, 0.5) is 11.5 Å². The Morgan fingerprint density at radius 1 is 1.45 bits per heavy atom. The zero-order valence-corrected chi connectivity index (χ0v) is 12.2. The number of hydrogen-bond donors (Lipinski definition) is 2. The van der Waals surface area contributed by atoms with Gasteiger partial charge in [0.1, 0.15) is 12.2 Å². The van der Waals surface area contributed by atoms with Gasteiger partial charge in [0.05, 0.1) is 23.9 Å². The van der Waals surface area contributed by atoms with E-state index in [2.05, 4.69) is 4.98 Å². The molecular weight excluding hydrogens is 308 g/mol. The van der Waals surface area contributed by atoms with Crippen molar-refractivity contribution in [1.29, 1.82) is 0 Å². The van der Waals surface area contributed by atoms with E-state index in [0.29, 0.717) is 41.0 Å². The number of anilines is 2. The number of halogens is 1. The molecule has 0 fully saturated rings. The summed E-state index contributed by atoms with van der Waals surface area (Å²) in [5, 5.41) is 18.8. The van der Waals surface area contributed by atoms with Crippen LogP contribution in [0.1, 0.15) is 15.9 Å². The van der Waals surface area contributed by atoms with Crippen LogP contribution in [0.2, 0.25) is 5.02 Å². The van der Waals surface area contributed by atoms with Gasteiger partial charge in [0.2, 0.25) is 0 Å². The van der Waals surface area contributed by atoms with Crippen LogP contribution in [-0.2, 0) is 6.61 Å². The molecule has 0 saturated carbocycles. The molecule has 0 atom stereocenters. The Morgan fingerprint density at radius 2 is 2.27 bits per heavy atom. The molecule has 1 aliphatic rings. The number of aliphatic hydroxyl groups excluding tert-OH is 1. The molecule has 2 heterocycles. The lowest BCUT2D eigenvalue weighted by Gasteiger charge is -2.31. The van der Waals surface area contributed by atoms with Crippen molar-refractivity contribution in [2.75, 3.05) is 18.1 Å². The van der Waals surface area contributed by atoms with Crippen LogP contribution in [0.5, 0.6) is 5.75 Å². The highest BCUT2D eigenvalue weighted by molar-refractivity contribution is 6.33. The summed E-state index contributed by atoms with van der Waals surface area (Å²) in [6, 6.07) is 6.55. The summed E-state index contributed by atoms with van der Waals surface area (Å²) in [7, 11) is 0. The molecule has 2 N–H and O–H groups in total. The zero-order chi connectivity index (χ0) is 15.7. The van der Waals surface area contributed by atoms with Crippen LogP contribution >= 0.6 is 11.6 Å². The van der Waals surface area contributed by atoms with Crippen molar-refractivity contribution in [2.24, 2.45) is 0 Å². The second-order valence-electron chi connectivity index (χ2n) is 4.77. The van der Waals surface area contributed by atoms with E-state index in [-0.39, 0.29) is 12.2 Å². The molecule has 1 aromatic heterocycles. The number of aliphatic hydroxyl groups is 1. The zero-order valence-electron chi connectivity index (χ0n) is 11.5. The SMILES string of the molecule is O=C(O)c1cccc2c1OCCN2c1ncc(CO)cc1Cl. The normalized spacial score (nSPS) is 13.5. The predicted octanol–water partition coefficient (Wildman–Crippen LogP) is 2.46. The molecule has 0 radical (unpaired) electrons. The van der Waals surface area contributed by atoms with Gasteiger partial charge in [0, 0.05) is 6.20 Å². The number of benzene rings is 1. The fourth-order valence-corrected chi connectivity index (χ4v) is 2.68. The minimum Gasteiger partial charge on any atom is -0.489 e. The van der Waals surface area contributed by atoms with Crippen molar-refractivity contribution in [1.82, 2.24) is 4.98 Å². The van der Waals surface area contributed by atoms with Gasteiger partial charge < -0.3 is 19.8 Å². The van der Waals surface area contributed by atoms with Crippen LogP contribution in [0.15, 0.2) is 30.5 Å². The average Bonchev–Trinajstić information content (AvgIpc) is 2.53. The van der Waals surface area contributed by atoms with E-state index in [1.54, 1.807) is 18.2 Å². The van der Waals surface area contributed by atoms with Gasteiger partial charge in [0.25, 0.3) is 0 Å². The molecule has 0 bridgehead atoms. The van der Waals surface area contributed by atoms with E-state index < -0.39 is 5.97 Å². The Balaban J connectivity index is 2.09. The average molecular weight is 321 g/mol. The summed E-state index contributed by atoms with van der Waals surface area (Å²) in [5.41, 5.74) is 1.32. The highest BCUT2D eigenvalue weighted by Crippen LogP contribution is 2.40. The van der Waals surface area contributed by atoms with E-state index in [0.717, 1.165) is 0 Å². The third-order valence-electron chi connectivity index (χ3n) is 3.39. The van der Waals surface area contributed by atoms with Crippen LogP contribution < -0.4 is 9.64 Å². The largest absolute Gasteiger partial charge is 0.489 e. The van der Waals surface area contributed by atoms with Gasteiger partial charge in [-0.05, 0) is 23.8 Å². The first kappa shape index (κ1) is 14.6. The Hall–Kier alpha value is -2.31. The topological polar surface area (TPSA) is 82.9 Å². The van der Waals surface area contributed by atoms with Crippen molar-refractivity contribution < 1.29 is 19.7 Å². The number of aromatic nitrogens is 1. The number of rotatable bonds is 3. The molecule has 0 spiro atoms. The highest BCUT2D eigenvalue weighted by Gasteiger charge is 2.26. The van der Waals surface area contributed by atoms with Gasteiger partial charge in [-0.25, -0.2) is 9.78 Å². The van der Waals surface area contributed by atoms with E-state index in [4.69, 9.17) is 21.4 Å². The Labute approximate surface area is 131 Å². The third-order valence-corrected chi connectivity index (χ3v) is 3.67. The lowest BCUT2D eigenvalue weighted by Crippen LogP contribution is -2.30. The van der Waals surface area contributed by atoms with Gasteiger partial charge in [-0.15, -0.1) is 0 Å². The minimum atomic E-state index is -1.05. The van der Waals surface area contributed by atoms with Crippen molar-refractivity contribution in [2.45, 2.75) is 6.61 Å². The van der Waals surface area contributed by atoms with E-state index in [9.17, 15) is 9.90 Å². The van der Waals surface area contributed by atoms with Gasteiger partial charge >= 0.3 is 5.97 Å².